The number of aromatic nitrogens is 2. The minimum absolute atomic E-state index is 0.0165. The molecule has 2 aromatic heterocycles. The standard InChI is InChI=1S/C12H13ClN2S/c1-12(2,3)9-6-10(13)15-11(14-9)8-4-5-16-7-8/h4-7H,1-3H3. The average molecular weight is 253 g/mol. The van der Waals surface area contributed by atoms with E-state index in [-0.39, 0.29) is 5.41 Å². The van der Waals surface area contributed by atoms with Gasteiger partial charge in [0.25, 0.3) is 0 Å². The predicted molar refractivity (Wildman–Crippen MR) is 69.1 cm³/mol. The fourth-order valence-corrected chi connectivity index (χ4v) is 2.14. The molecule has 0 bridgehead atoms. The van der Waals surface area contributed by atoms with Gasteiger partial charge in [0.15, 0.2) is 5.82 Å². The molecular weight excluding hydrogens is 240 g/mol. The van der Waals surface area contributed by atoms with Gasteiger partial charge in [0, 0.05) is 16.4 Å². The highest BCUT2D eigenvalue weighted by atomic mass is 35.5. The predicted octanol–water partition coefficient (Wildman–Crippen LogP) is 4.16. The van der Waals surface area contributed by atoms with Crippen LogP contribution in [-0.4, -0.2) is 9.97 Å². The van der Waals surface area contributed by atoms with E-state index in [1.165, 1.54) is 0 Å². The van der Waals surface area contributed by atoms with Crippen LogP contribution < -0.4 is 0 Å². The Morgan fingerprint density at radius 2 is 2.00 bits per heavy atom. The van der Waals surface area contributed by atoms with Crippen molar-refractivity contribution >= 4 is 22.9 Å². The first kappa shape index (κ1) is 11.6. The molecule has 0 spiro atoms. The van der Waals surface area contributed by atoms with E-state index < -0.39 is 0 Å². The van der Waals surface area contributed by atoms with Crippen molar-refractivity contribution in [3.8, 4) is 11.4 Å². The molecule has 2 aromatic rings. The SMILES string of the molecule is CC(C)(C)c1cc(Cl)nc(-c2ccsc2)n1. The van der Waals surface area contributed by atoms with E-state index in [2.05, 4.69) is 30.7 Å². The summed E-state index contributed by atoms with van der Waals surface area (Å²) < 4.78 is 0. The summed E-state index contributed by atoms with van der Waals surface area (Å²) in [6, 6.07) is 3.83. The number of halogens is 1. The first-order chi connectivity index (χ1) is 7.47. The molecule has 84 valence electrons. The van der Waals surface area contributed by atoms with E-state index in [0.717, 1.165) is 11.3 Å². The highest BCUT2D eigenvalue weighted by molar-refractivity contribution is 7.08. The maximum absolute atomic E-state index is 6.03. The lowest BCUT2D eigenvalue weighted by molar-refractivity contribution is 0.568. The number of hydrogen-bond donors (Lipinski definition) is 0. The highest BCUT2D eigenvalue weighted by Gasteiger charge is 2.18. The second-order valence-corrected chi connectivity index (χ2v) is 5.83. The summed E-state index contributed by atoms with van der Waals surface area (Å²) in [4.78, 5) is 8.81. The highest BCUT2D eigenvalue weighted by Crippen LogP contribution is 2.26. The Balaban J connectivity index is 2.53. The molecule has 0 aliphatic rings. The van der Waals surface area contributed by atoms with Gasteiger partial charge in [0.2, 0.25) is 0 Å². The molecule has 4 heteroatoms. The second kappa shape index (κ2) is 4.15. The third-order valence-electron chi connectivity index (χ3n) is 2.24. The third-order valence-corrected chi connectivity index (χ3v) is 3.12. The van der Waals surface area contributed by atoms with Crippen molar-refractivity contribution in [3.63, 3.8) is 0 Å². The molecule has 0 unspecified atom stereocenters. The first-order valence-corrected chi connectivity index (χ1v) is 6.36. The Hall–Kier alpha value is -0.930. The smallest absolute Gasteiger partial charge is 0.161 e. The fraction of sp³-hybridized carbons (Fsp3) is 0.333. The van der Waals surface area contributed by atoms with Crippen molar-refractivity contribution in [2.24, 2.45) is 0 Å². The molecule has 0 aliphatic heterocycles. The van der Waals surface area contributed by atoms with Gasteiger partial charge in [-0.25, -0.2) is 9.97 Å². The van der Waals surface area contributed by atoms with Crippen molar-refractivity contribution in [1.29, 1.82) is 0 Å². The van der Waals surface area contributed by atoms with Crippen LogP contribution in [-0.2, 0) is 5.41 Å². The summed E-state index contributed by atoms with van der Waals surface area (Å²) in [6.07, 6.45) is 0. The molecule has 0 atom stereocenters. The van der Waals surface area contributed by atoms with Gasteiger partial charge in [-0.05, 0) is 17.5 Å². The van der Waals surface area contributed by atoms with E-state index in [0.29, 0.717) is 11.0 Å². The zero-order valence-corrected chi connectivity index (χ0v) is 11.1. The number of thiophene rings is 1. The minimum atomic E-state index is -0.0165. The zero-order valence-electron chi connectivity index (χ0n) is 9.49. The lowest BCUT2D eigenvalue weighted by atomic mass is 9.92. The number of nitrogens with zero attached hydrogens (tertiary/aromatic N) is 2. The monoisotopic (exact) mass is 252 g/mol. The van der Waals surface area contributed by atoms with Crippen molar-refractivity contribution in [2.45, 2.75) is 26.2 Å². The van der Waals surface area contributed by atoms with Crippen molar-refractivity contribution in [3.05, 3.63) is 33.7 Å². The summed E-state index contributed by atoms with van der Waals surface area (Å²) >= 11 is 7.66. The van der Waals surface area contributed by atoms with Crippen LogP contribution in [0.1, 0.15) is 26.5 Å². The summed E-state index contributed by atoms with van der Waals surface area (Å²) in [7, 11) is 0. The van der Waals surface area contributed by atoms with Gasteiger partial charge in [0.1, 0.15) is 5.15 Å². The molecule has 0 radical (unpaired) electrons. The average Bonchev–Trinajstić information content (AvgIpc) is 2.68. The summed E-state index contributed by atoms with van der Waals surface area (Å²) in [5.41, 5.74) is 1.98. The molecule has 0 fully saturated rings. The Labute approximate surface area is 104 Å². The molecule has 0 saturated heterocycles. The normalized spacial score (nSPS) is 11.8. The van der Waals surface area contributed by atoms with Gasteiger partial charge < -0.3 is 0 Å². The fourth-order valence-electron chi connectivity index (χ4n) is 1.32. The lowest BCUT2D eigenvalue weighted by Gasteiger charge is -2.18. The van der Waals surface area contributed by atoms with Crippen LogP contribution in [0.2, 0.25) is 5.15 Å². The Morgan fingerprint density at radius 1 is 1.25 bits per heavy atom. The van der Waals surface area contributed by atoms with Crippen LogP contribution in [0, 0.1) is 0 Å². The molecule has 16 heavy (non-hydrogen) atoms. The van der Waals surface area contributed by atoms with Crippen molar-refractivity contribution in [1.82, 2.24) is 9.97 Å². The Kier molecular flexibility index (Phi) is 3.00. The number of hydrogen-bond acceptors (Lipinski definition) is 3. The second-order valence-electron chi connectivity index (χ2n) is 4.66. The van der Waals surface area contributed by atoms with E-state index in [1.54, 1.807) is 11.3 Å². The van der Waals surface area contributed by atoms with Crippen LogP contribution in [0.4, 0.5) is 0 Å². The molecular formula is C12H13ClN2S. The first-order valence-electron chi connectivity index (χ1n) is 5.04. The third kappa shape index (κ3) is 2.42. The van der Waals surface area contributed by atoms with E-state index >= 15 is 0 Å². The molecule has 0 aliphatic carbocycles. The van der Waals surface area contributed by atoms with Crippen LogP contribution in [0.5, 0.6) is 0 Å². The van der Waals surface area contributed by atoms with E-state index in [9.17, 15) is 0 Å². The molecule has 2 nitrogen and oxygen atoms in total. The summed E-state index contributed by atoms with van der Waals surface area (Å²) in [5.74, 6) is 0.707. The molecule has 2 rings (SSSR count). The van der Waals surface area contributed by atoms with Crippen LogP contribution in [0.25, 0.3) is 11.4 Å². The van der Waals surface area contributed by atoms with Gasteiger partial charge in [-0.1, -0.05) is 32.4 Å². The largest absolute Gasteiger partial charge is 0.232 e. The summed E-state index contributed by atoms with van der Waals surface area (Å²) in [5, 5.41) is 4.54. The number of rotatable bonds is 1. The van der Waals surface area contributed by atoms with Crippen LogP contribution >= 0.6 is 22.9 Å². The van der Waals surface area contributed by atoms with Gasteiger partial charge >= 0.3 is 0 Å². The zero-order chi connectivity index (χ0) is 11.8. The van der Waals surface area contributed by atoms with Gasteiger partial charge in [0.05, 0.1) is 5.69 Å². The van der Waals surface area contributed by atoms with Gasteiger partial charge in [-0.15, -0.1) is 0 Å². The topological polar surface area (TPSA) is 25.8 Å². The van der Waals surface area contributed by atoms with Gasteiger partial charge in [-0.2, -0.15) is 11.3 Å². The van der Waals surface area contributed by atoms with Crippen LogP contribution in [0.15, 0.2) is 22.9 Å². The molecule has 0 amide bonds. The van der Waals surface area contributed by atoms with Crippen molar-refractivity contribution < 1.29 is 0 Å². The minimum Gasteiger partial charge on any atom is -0.232 e. The van der Waals surface area contributed by atoms with E-state index in [1.807, 2.05) is 22.9 Å². The maximum atomic E-state index is 6.03. The molecule has 2 heterocycles. The van der Waals surface area contributed by atoms with Crippen molar-refractivity contribution in [2.75, 3.05) is 0 Å². The van der Waals surface area contributed by atoms with E-state index in [4.69, 9.17) is 11.6 Å². The maximum Gasteiger partial charge on any atom is 0.161 e. The molecule has 0 aromatic carbocycles. The Morgan fingerprint density at radius 3 is 2.56 bits per heavy atom. The quantitative estimate of drug-likeness (QED) is 0.713. The van der Waals surface area contributed by atoms with Gasteiger partial charge in [-0.3, -0.25) is 0 Å². The lowest BCUT2D eigenvalue weighted by Crippen LogP contribution is -2.14. The molecule has 0 saturated carbocycles. The molecule has 0 N–H and O–H groups in total. The Bertz CT molecular complexity index is 486. The summed E-state index contributed by atoms with van der Waals surface area (Å²) in [6.45, 7) is 6.34. The van der Waals surface area contributed by atoms with Crippen LogP contribution in [0.3, 0.4) is 0 Å².